The van der Waals surface area contributed by atoms with Gasteiger partial charge in [-0.1, -0.05) is 0 Å². The van der Waals surface area contributed by atoms with E-state index < -0.39 is 0 Å². The van der Waals surface area contributed by atoms with Gasteiger partial charge in [-0.05, 0) is 41.9 Å². The number of anilines is 1. The maximum Gasteiger partial charge on any atom is 0.325 e. The van der Waals surface area contributed by atoms with E-state index in [2.05, 4.69) is 25.7 Å². The average molecular weight is 287 g/mol. The molecule has 0 radical (unpaired) electrons. The van der Waals surface area contributed by atoms with Crippen LogP contribution in [0.15, 0.2) is 22.8 Å². The van der Waals surface area contributed by atoms with Gasteiger partial charge in [-0.3, -0.25) is 4.79 Å². The Kier molecular flexibility index (Phi) is 4.73. The first kappa shape index (κ1) is 13.0. The summed E-state index contributed by atoms with van der Waals surface area (Å²) in [6.07, 6.45) is 1.70. The molecule has 88 valence electrons. The Labute approximate surface area is 104 Å². The molecule has 0 saturated heterocycles. The van der Waals surface area contributed by atoms with E-state index in [-0.39, 0.29) is 18.6 Å². The quantitative estimate of drug-likeness (QED) is 0.796. The lowest BCUT2D eigenvalue weighted by Crippen LogP contribution is -2.37. The number of nitrogens with zero attached hydrogens (tertiary/aromatic N) is 2. The molecule has 0 bridgehead atoms. The van der Waals surface area contributed by atoms with E-state index in [0.717, 1.165) is 10.3 Å². The van der Waals surface area contributed by atoms with E-state index in [1.165, 1.54) is 7.11 Å². The topological polar surface area (TPSA) is 42.4 Å². The SMILES string of the molecule is COC(=O)CN(c1ncccc1Br)C(C)C. The first-order chi connectivity index (χ1) is 7.56. The van der Waals surface area contributed by atoms with Crippen molar-refractivity contribution in [1.82, 2.24) is 4.98 Å². The van der Waals surface area contributed by atoms with Crippen molar-refractivity contribution in [2.75, 3.05) is 18.6 Å². The molecule has 1 aromatic rings. The summed E-state index contributed by atoms with van der Waals surface area (Å²) in [5.41, 5.74) is 0. The number of carbonyl (C=O) groups excluding carboxylic acids is 1. The Bertz CT molecular complexity index is 369. The molecule has 0 aliphatic carbocycles. The molecule has 5 heteroatoms. The van der Waals surface area contributed by atoms with Gasteiger partial charge in [0.2, 0.25) is 0 Å². The number of hydrogen-bond donors (Lipinski definition) is 0. The van der Waals surface area contributed by atoms with Crippen LogP contribution in [0.1, 0.15) is 13.8 Å². The van der Waals surface area contributed by atoms with Crippen LogP contribution in [0.5, 0.6) is 0 Å². The van der Waals surface area contributed by atoms with E-state index in [1.54, 1.807) is 6.20 Å². The van der Waals surface area contributed by atoms with E-state index >= 15 is 0 Å². The molecule has 1 rings (SSSR count). The molecule has 0 saturated carbocycles. The summed E-state index contributed by atoms with van der Waals surface area (Å²) in [5, 5.41) is 0. The number of aromatic nitrogens is 1. The molecule has 1 heterocycles. The van der Waals surface area contributed by atoms with Gasteiger partial charge in [0.25, 0.3) is 0 Å². The monoisotopic (exact) mass is 286 g/mol. The van der Waals surface area contributed by atoms with Crippen LogP contribution in [0, 0.1) is 0 Å². The fraction of sp³-hybridized carbons (Fsp3) is 0.455. The third-order valence-electron chi connectivity index (χ3n) is 2.16. The number of methoxy groups -OCH3 is 1. The molecule has 0 amide bonds. The fourth-order valence-electron chi connectivity index (χ4n) is 1.29. The normalized spacial score (nSPS) is 10.3. The third-order valence-corrected chi connectivity index (χ3v) is 2.78. The van der Waals surface area contributed by atoms with Crippen LogP contribution in [-0.4, -0.2) is 30.6 Å². The average Bonchev–Trinajstić information content (AvgIpc) is 2.26. The number of rotatable bonds is 4. The second kappa shape index (κ2) is 5.84. The van der Waals surface area contributed by atoms with Crippen LogP contribution in [0.25, 0.3) is 0 Å². The second-order valence-corrected chi connectivity index (χ2v) is 4.46. The fourth-order valence-corrected chi connectivity index (χ4v) is 1.78. The second-order valence-electron chi connectivity index (χ2n) is 3.61. The number of pyridine rings is 1. The Morgan fingerprint density at radius 2 is 2.31 bits per heavy atom. The highest BCUT2D eigenvalue weighted by molar-refractivity contribution is 9.10. The Hall–Kier alpha value is -1.10. The first-order valence-corrected chi connectivity index (χ1v) is 5.79. The largest absolute Gasteiger partial charge is 0.468 e. The molecule has 1 aromatic heterocycles. The summed E-state index contributed by atoms with van der Waals surface area (Å²) in [6, 6.07) is 3.91. The molecule has 0 atom stereocenters. The highest BCUT2D eigenvalue weighted by Crippen LogP contribution is 2.24. The highest BCUT2D eigenvalue weighted by atomic mass is 79.9. The number of hydrogen-bond acceptors (Lipinski definition) is 4. The van der Waals surface area contributed by atoms with E-state index in [0.29, 0.717) is 0 Å². The van der Waals surface area contributed by atoms with Crippen LogP contribution in [0.2, 0.25) is 0 Å². The zero-order valence-electron chi connectivity index (χ0n) is 9.61. The van der Waals surface area contributed by atoms with Gasteiger partial charge >= 0.3 is 5.97 Å². The van der Waals surface area contributed by atoms with Gasteiger partial charge in [-0.25, -0.2) is 4.98 Å². The van der Waals surface area contributed by atoms with E-state index in [9.17, 15) is 4.79 Å². The van der Waals surface area contributed by atoms with Crippen molar-refractivity contribution >= 4 is 27.7 Å². The van der Waals surface area contributed by atoms with Gasteiger partial charge in [0, 0.05) is 12.2 Å². The Balaban J connectivity index is 2.94. The molecule has 0 aliphatic rings. The summed E-state index contributed by atoms with van der Waals surface area (Å²) >= 11 is 3.42. The molecule has 0 aromatic carbocycles. The van der Waals surface area contributed by atoms with Crippen LogP contribution in [0.4, 0.5) is 5.82 Å². The van der Waals surface area contributed by atoms with Crippen LogP contribution in [-0.2, 0) is 9.53 Å². The van der Waals surface area contributed by atoms with Crippen molar-refractivity contribution in [3.05, 3.63) is 22.8 Å². The van der Waals surface area contributed by atoms with Gasteiger partial charge in [0.1, 0.15) is 12.4 Å². The number of halogens is 1. The maximum atomic E-state index is 11.3. The highest BCUT2D eigenvalue weighted by Gasteiger charge is 2.18. The van der Waals surface area contributed by atoms with Crippen molar-refractivity contribution in [3.8, 4) is 0 Å². The number of carbonyl (C=O) groups is 1. The summed E-state index contributed by atoms with van der Waals surface area (Å²) in [4.78, 5) is 17.4. The summed E-state index contributed by atoms with van der Waals surface area (Å²) < 4.78 is 5.54. The maximum absolute atomic E-state index is 11.3. The predicted molar refractivity (Wildman–Crippen MR) is 66.4 cm³/mol. The third kappa shape index (κ3) is 3.20. The van der Waals surface area contributed by atoms with Crippen molar-refractivity contribution in [1.29, 1.82) is 0 Å². The van der Waals surface area contributed by atoms with Gasteiger partial charge in [0.15, 0.2) is 0 Å². The number of esters is 1. The molecule has 16 heavy (non-hydrogen) atoms. The van der Waals surface area contributed by atoms with Gasteiger partial charge in [-0.15, -0.1) is 0 Å². The number of ether oxygens (including phenoxy) is 1. The van der Waals surface area contributed by atoms with E-state index in [4.69, 9.17) is 0 Å². The summed E-state index contributed by atoms with van der Waals surface area (Å²) in [5.74, 6) is 0.481. The van der Waals surface area contributed by atoms with Gasteiger partial charge in [-0.2, -0.15) is 0 Å². The van der Waals surface area contributed by atoms with Gasteiger partial charge < -0.3 is 9.64 Å². The lowest BCUT2D eigenvalue weighted by Gasteiger charge is -2.27. The lowest BCUT2D eigenvalue weighted by atomic mass is 10.3. The smallest absolute Gasteiger partial charge is 0.325 e. The van der Waals surface area contributed by atoms with Crippen molar-refractivity contribution in [2.24, 2.45) is 0 Å². The predicted octanol–water partition coefficient (Wildman–Crippen LogP) is 2.23. The van der Waals surface area contributed by atoms with E-state index in [1.807, 2.05) is 30.9 Å². The molecule has 0 N–H and O–H groups in total. The molecular weight excluding hydrogens is 272 g/mol. The zero-order chi connectivity index (χ0) is 12.1. The van der Waals surface area contributed by atoms with Gasteiger partial charge in [0.05, 0.1) is 11.6 Å². The van der Waals surface area contributed by atoms with Crippen LogP contribution < -0.4 is 4.90 Å². The minimum atomic E-state index is -0.272. The molecule has 4 nitrogen and oxygen atoms in total. The molecule has 0 spiro atoms. The lowest BCUT2D eigenvalue weighted by molar-refractivity contribution is -0.139. The summed E-state index contributed by atoms with van der Waals surface area (Å²) in [7, 11) is 1.38. The Morgan fingerprint density at radius 3 is 2.81 bits per heavy atom. The molecule has 0 unspecified atom stereocenters. The molecular formula is C11H15BrN2O2. The Morgan fingerprint density at radius 1 is 1.62 bits per heavy atom. The van der Waals surface area contributed by atoms with Crippen molar-refractivity contribution in [3.63, 3.8) is 0 Å². The minimum Gasteiger partial charge on any atom is -0.468 e. The van der Waals surface area contributed by atoms with Crippen molar-refractivity contribution < 1.29 is 9.53 Å². The molecule has 0 fully saturated rings. The summed E-state index contributed by atoms with van der Waals surface area (Å²) in [6.45, 7) is 4.21. The van der Waals surface area contributed by atoms with Crippen molar-refractivity contribution in [2.45, 2.75) is 19.9 Å². The minimum absolute atomic E-state index is 0.172. The van der Waals surface area contributed by atoms with Crippen LogP contribution in [0.3, 0.4) is 0 Å². The molecule has 0 aliphatic heterocycles. The first-order valence-electron chi connectivity index (χ1n) is 5.00. The van der Waals surface area contributed by atoms with Crippen LogP contribution >= 0.6 is 15.9 Å². The standard InChI is InChI=1S/C11H15BrN2O2/c1-8(2)14(7-10(15)16-3)11-9(12)5-4-6-13-11/h4-6,8H,7H2,1-3H3. The zero-order valence-corrected chi connectivity index (χ0v) is 11.2.